The van der Waals surface area contributed by atoms with Crippen molar-refractivity contribution in [2.75, 3.05) is 6.54 Å². The summed E-state index contributed by atoms with van der Waals surface area (Å²) in [6.07, 6.45) is 4.12. The van der Waals surface area contributed by atoms with Crippen molar-refractivity contribution in [2.24, 2.45) is 11.8 Å². The van der Waals surface area contributed by atoms with Crippen LogP contribution in [0.15, 0.2) is 12.1 Å². The Morgan fingerprint density at radius 3 is 2.79 bits per heavy atom. The predicted molar refractivity (Wildman–Crippen MR) is 106 cm³/mol. The van der Waals surface area contributed by atoms with Crippen LogP contribution in [-0.2, 0) is 11.3 Å². The zero-order chi connectivity index (χ0) is 20.5. The first-order valence-electron chi connectivity index (χ1n) is 10.4. The zero-order valence-electron chi connectivity index (χ0n) is 16.6. The number of aromatic nitrogens is 2. The molecule has 2 fully saturated rings. The van der Waals surface area contributed by atoms with Crippen molar-refractivity contribution >= 4 is 23.0 Å². The number of fused-ring (bicyclic) bond motifs is 1. The molecule has 8 heteroatoms. The number of nitrogens with one attached hydrogen (secondary N) is 2. The summed E-state index contributed by atoms with van der Waals surface area (Å²) >= 11 is 0. The van der Waals surface area contributed by atoms with Gasteiger partial charge in [0.25, 0.3) is 0 Å². The summed E-state index contributed by atoms with van der Waals surface area (Å²) in [6, 6.07) is 2.94. The lowest BCUT2D eigenvalue weighted by atomic mass is 9.79. The molecule has 0 unspecified atom stereocenters. The van der Waals surface area contributed by atoms with E-state index < -0.39 is 18.0 Å². The number of halogens is 1. The fraction of sp³-hybridized carbons (Fsp3) is 0.571. The summed E-state index contributed by atoms with van der Waals surface area (Å²) in [4.78, 5) is 32.5. The van der Waals surface area contributed by atoms with Crippen LogP contribution in [0, 0.1) is 17.7 Å². The van der Waals surface area contributed by atoms with Crippen LogP contribution < -0.4 is 5.32 Å². The number of benzene rings is 1. The van der Waals surface area contributed by atoms with Gasteiger partial charge in [-0.3, -0.25) is 4.79 Å². The Labute approximate surface area is 168 Å². The van der Waals surface area contributed by atoms with E-state index in [0.29, 0.717) is 35.8 Å². The largest absolute Gasteiger partial charge is 0.465 e. The smallest absolute Gasteiger partial charge is 0.405 e. The standard InChI is InChI=1S/C21H27FN4O3/c1-12-4-6-13(7-5-12)18(25-21(28)29)20-23-15-9-8-14(17(22)19(15)24-20)11-26-10-2-3-16(26)27/h8-9,12-13,18,25H,2-7,10-11H2,1H3,(H,23,24)(H,28,29)/t12?,13?,18-/m0/s1. The van der Waals surface area contributed by atoms with Crippen molar-refractivity contribution in [1.82, 2.24) is 20.2 Å². The molecule has 2 aromatic rings. The highest BCUT2D eigenvalue weighted by Crippen LogP contribution is 2.37. The summed E-state index contributed by atoms with van der Waals surface area (Å²) in [5, 5.41) is 11.9. The van der Waals surface area contributed by atoms with Gasteiger partial charge in [0.1, 0.15) is 11.3 Å². The molecule has 1 saturated carbocycles. The Hall–Kier alpha value is -2.64. The fourth-order valence-electron chi connectivity index (χ4n) is 4.61. The molecule has 1 aliphatic heterocycles. The molecule has 1 aromatic carbocycles. The van der Waals surface area contributed by atoms with Crippen LogP contribution >= 0.6 is 0 Å². The van der Waals surface area contributed by atoms with Gasteiger partial charge in [-0.25, -0.2) is 14.2 Å². The van der Waals surface area contributed by atoms with Gasteiger partial charge in [-0.1, -0.05) is 25.8 Å². The van der Waals surface area contributed by atoms with Crippen LogP contribution in [0.5, 0.6) is 0 Å². The second-order valence-electron chi connectivity index (χ2n) is 8.42. The second-order valence-corrected chi connectivity index (χ2v) is 8.42. The summed E-state index contributed by atoms with van der Waals surface area (Å²) in [5.74, 6) is 0.823. The minimum atomic E-state index is -1.11. The molecule has 0 spiro atoms. The summed E-state index contributed by atoms with van der Waals surface area (Å²) in [6.45, 7) is 3.09. The predicted octanol–water partition coefficient (Wildman–Crippen LogP) is 3.96. The van der Waals surface area contributed by atoms with E-state index in [9.17, 15) is 14.7 Å². The Kier molecular flexibility index (Phi) is 5.43. The molecule has 4 rings (SSSR count). The van der Waals surface area contributed by atoms with Crippen LogP contribution in [-0.4, -0.2) is 38.5 Å². The first-order valence-corrected chi connectivity index (χ1v) is 10.4. The average Bonchev–Trinajstić information content (AvgIpc) is 3.29. The maximum absolute atomic E-state index is 15.1. The molecule has 3 N–H and O–H groups in total. The highest BCUT2D eigenvalue weighted by molar-refractivity contribution is 5.79. The van der Waals surface area contributed by atoms with Gasteiger partial charge in [0.15, 0.2) is 5.82 Å². The molecule has 7 nitrogen and oxygen atoms in total. The Morgan fingerprint density at radius 2 is 2.14 bits per heavy atom. The Balaban J connectivity index is 1.63. The molecule has 0 radical (unpaired) electrons. The molecular formula is C21H27FN4O3. The number of aromatic amines is 1. The van der Waals surface area contributed by atoms with Gasteiger partial charge < -0.3 is 20.3 Å². The second kappa shape index (κ2) is 8.00. The first-order chi connectivity index (χ1) is 13.9. The van der Waals surface area contributed by atoms with Gasteiger partial charge in [-0.15, -0.1) is 0 Å². The average molecular weight is 402 g/mol. The first kappa shape index (κ1) is 19.7. The van der Waals surface area contributed by atoms with E-state index in [4.69, 9.17) is 0 Å². The number of H-pyrrole nitrogens is 1. The van der Waals surface area contributed by atoms with E-state index in [2.05, 4.69) is 22.2 Å². The van der Waals surface area contributed by atoms with Gasteiger partial charge in [-0.05, 0) is 37.2 Å². The number of carbonyl (C=O) groups is 2. The van der Waals surface area contributed by atoms with Crippen LogP contribution in [0.4, 0.5) is 9.18 Å². The van der Waals surface area contributed by atoms with Crippen molar-refractivity contribution in [2.45, 2.75) is 58.0 Å². The fourth-order valence-corrected chi connectivity index (χ4v) is 4.61. The van der Waals surface area contributed by atoms with E-state index >= 15 is 4.39 Å². The van der Waals surface area contributed by atoms with Crippen molar-refractivity contribution in [1.29, 1.82) is 0 Å². The third-order valence-corrected chi connectivity index (χ3v) is 6.33. The minimum absolute atomic E-state index is 0.0458. The molecular weight excluding hydrogens is 375 g/mol. The highest BCUT2D eigenvalue weighted by atomic mass is 19.1. The zero-order valence-corrected chi connectivity index (χ0v) is 16.6. The van der Waals surface area contributed by atoms with E-state index in [1.807, 2.05) is 0 Å². The molecule has 1 saturated heterocycles. The highest BCUT2D eigenvalue weighted by Gasteiger charge is 2.31. The number of likely N-dealkylation sites (tertiary alicyclic amines) is 1. The molecule has 1 atom stereocenters. The SMILES string of the molecule is CC1CCC([C@H](NC(=O)O)c2nc3c(F)c(CN4CCCC4=O)ccc3[nH]2)CC1. The van der Waals surface area contributed by atoms with E-state index in [0.717, 1.165) is 32.1 Å². The number of carboxylic acid groups (broad SMARTS) is 1. The lowest BCUT2D eigenvalue weighted by Gasteiger charge is -2.31. The van der Waals surface area contributed by atoms with Gasteiger partial charge in [0.05, 0.1) is 11.6 Å². The molecule has 156 valence electrons. The van der Waals surface area contributed by atoms with Gasteiger partial charge in [0, 0.05) is 25.1 Å². The molecule has 1 aliphatic carbocycles. The molecule has 1 aromatic heterocycles. The number of rotatable bonds is 5. The van der Waals surface area contributed by atoms with Crippen LogP contribution in [0.2, 0.25) is 0 Å². The normalized spacial score (nSPS) is 23.5. The van der Waals surface area contributed by atoms with E-state index in [1.165, 1.54) is 0 Å². The van der Waals surface area contributed by atoms with E-state index in [-0.39, 0.29) is 23.9 Å². The summed E-state index contributed by atoms with van der Waals surface area (Å²) < 4.78 is 15.1. The van der Waals surface area contributed by atoms with Gasteiger partial charge in [-0.2, -0.15) is 0 Å². The molecule has 0 bridgehead atoms. The summed E-state index contributed by atoms with van der Waals surface area (Å²) in [7, 11) is 0. The van der Waals surface area contributed by atoms with Crippen LogP contribution in [0.1, 0.15) is 62.9 Å². The maximum atomic E-state index is 15.1. The Bertz CT molecular complexity index is 920. The lowest BCUT2D eigenvalue weighted by molar-refractivity contribution is -0.128. The maximum Gasteiger partial charge on any atom is 0.405 e. The van der Waals surface area contributed by atoms with Gasteiger partial charge in [0.2, 0.25) is 5.91 Å². The number of carbonyl (C=O) groups excluding carboxylic acids is 1. The van der Waals surface area contributed by atoms with Crippen molar-refractivity contribution < 1.29 is 19.1 Å². The van der Waals surface area contributed by atoms with E-state index in [1.54, 1.807) is 17.0 Å². The molecule has 2 amide bonds. The number of hydrogen-bond donors (Lipinski definition) is 3. The lowest BCUT2D eigenvalue weighted by Crippen LogP contribution is -2.34. The van der Waals surface area contributed by atoms with Gasteiger partial charge >= 0.3 is 6.09 Å². The quantitative estimate of drug-likeness (QED) is 0.705. The molecule has 2 heterocycles. The topological polar surface area (TPSA) is 98.3 Å². The Morgan fingerprint density at radius 1 is 1.38 bits per heavy atom. The van der Waals surface area contributed by atoms with Crippen LogP contribution in [0.3, 0.4) is 0 Å². The van der Waals surface area contributed by atoms with Crippen molar-refractivity contribution in [3.63, 3.8) is 0 Å². The number of imidazole rings is 1. The number of amides is 2. The monoisotopic (exact) mass is 402 g/mol. The van der Waals surface area contributed by atoms with Crippen LogP contribution in [0.25, 0.3) is 11.0 Å². The third-order valence-electron chi connectivity index (χ3n) is 6.33. The summed E-state index contributed by atoms with van der Waals surface area (Å²) in [5.41, 5.74) is 1.17. The number of nitrogens with zero attached hydrogens (tertiary/aromatic N) is 2. The van der Waals surface area contributed by atoms with Crippen molar-refractivity contribution in [3.05, 3.63) is 29.3 Å². The third kappa shape index (κ3) is 4.06. The molecule has 2 aliphatic rings. The van der Waals surface area contributed by atoms with Crippen molar-refractivity contribution in [3.8, 4) is 0 Å². The minimum Gasteiger partial charge on any atom is -0.465 e. The number of hydrogen-bond acceptors (Lipinski definition) is 3. The molecule has 29 heavy (non-hydrogen) atoms.